The molecule has 0 aliphatic carbocycles. The van der Waals surface area contributed by atoms with E-state index in [1.807, 2.05) is 6.92 Å². The number of fused-ring (bicyclic) bond motifs is 1. The summed E-state index contributed by atoms with van der Waals surface area (Å²) in [5.74, 6) is 1.29. The third kappa shape index (κ3) is 2.80. The van der Waals surface area contributed by atoms with Gasteiger partial charge < -0.3 is 19.7 Å². The molecule has 0 bridgehead atoms. The number of rotatable bonds is 4. The summed E-state index contributed by atoms with van der Waals surface area (Å²) in [4.78, 5) is 26.3. The number of hydrogen-bond donors (Lipinski definition) is 1. The fourth-order valence-corrected chi connectivity index (χ4v) is 4.86. The van der Waals surface area contributed by atoms with E-state index in [9.17, 15) is 9.59 Å². The van der Waals surface area contributed by atoms with Crippen molar-refractivity contribution in [1.82, 2.24) is 4.90 Å². The average molecular weight is 371 g/mol. The minimum absolute atomic E-state index is 0.0300. The van der Waals surface area contributed by atoms with Crippen LogP contribution in [0.1, 0.15) is 19.8 Å². The summed E-state index contributed by atoms with van der Waals surface area (Å²) in [6.07, 6.45) is 1.27. The zero-order valence-corrected chi connectivity index (χ0v) is 15.3. The lowest BCUT2D eigenvalue weighted by Crippen LogP contribution is -2.48. The highest BCUT2D eigenvalue weighted by Gasteiger charge is 2.52. The maximum Gasteiger partial charge on any atom is 0.248 e. The van der Waals surface area contributed by atoms with E-state index in [2.05, 4.69) is 5.32 Å². The molecule has 1 aromatic rings. The van der Waals surface area contributed by atoms with Gasteiger partial charge in [0.2, 0.25) is 11.8 Å². The van der Waals surface area contributed by atoms with Gasteiger partial charge in [-0.15, -0.1) is 11.8 Å². The molecule has 2 amide bonds. The normalized spacial score (nSPS) is 25.6. The van der Waals surface area contributed by atoms with Crippen LogP contribution >= 0.6 is 23.4 Å². The minimum atomic E-state index is -0.486. The Hall–Kier alpha value is -1.60. The number of carbonyl (C=O) groups excluding carboxylic acids is 2. The van der Waals surface area contributed by atoms with Crippen LogP contribution in [0, 0.1) is 0 Å². The van der Waals surface area contributed by atoms with E-state index in [0.29, 0.717) is 34.4 Å². The van der Waals surface area contributed by atoms with E-state index in [0.717, 1.165) is 6.42 Å². The standard InChI is InChI=1S/C16H19ClN2O4S/c1-16-5-4-14(20)19(16)11(8-24-16)15(21)18-10-6-9(17)12(22-2)7-13(10)23-3/h6-7,11H,4-5,8H2,1-3H3,(H,18,21)/t11-,16+/m0/s1. The van der Waals surface area contributed by atoms with Crippen LogP contribution in [0.2, 0.25) is 5.02 Å². The van der Waals surface area contributed by atoms with Gasteiger partial charge in [0, 0.05) is 18.2 Å². The van der Waals surface area contributed by atoms with Gasteiger partial charge in [-0.05, 0) is 19.4 Å². The number of nitrogens with one attached hydrogen (secondary N) is 1. The molecule has 24 heavy (non-hydrogen) atoms. The first-order valence-corrected chi connectivity index (χ1v) is 8.94. The summed E-state index contributed by atoms with van der Waals surface area (Å²) in [5.41, 5.74) is 0.457. The third-order valence-corrected chi connectivity index (χ3v) is 6.28. The Kier molecular flexibility index (Phi) is 4.57. The number of carbonyl (C=O) groups is 2. The number of methoxy groups -OCH3 is 2. The van der Waals surface area contributed by atoms with Gasteiger partial charge >= 0.3 is 0 Å². The molecule has 2 aliphatic rings. The molecule has 2 fully saturated rings. The second-order valence-electron chi connectivity index (χ2n) is 5.94. The number of thioether (sulfide) groups is 1. The van der Waals surface area contributed by atoms with Crippen molar-refractivity contribution < 1.29 is 19.1 Å². The summed E-state index contributed by atoms with van der Waals surface area (Å²) in [6.45, 7) is 2.01. The van der Waals surface area contributed by atoms with E-state index in [4.69, 9.17) is 21.1 Å². The third-order valence-electron chi connectivity index (χ3n) is 4.48. The molecule has 1 aromatic carbocycles. The first kappa shape index (κ1) is 17.2. The van der Waals surface area contributed by atoms with Crippen LogP contribution < -0.4 is 14.8 Å². The largest absolute Gasteiger partial charge is 0.495 e. The molecule has 6 nitrogen and oxygen atoms in total. The molecule has 0 radical (unpaired) electrons. The lowest BCUT2D eigenvalue weighted by atomic mass is 10.2. The van der Waals surface area contributed by atoms with Crippen LogP contribution in [-0.2, 0) is 9.59 Å². The number of hydrogen-bond acceptors (Lipinski definition) is 5. The monoisotopic (exact) mass is 370 g/mol. The number of halogens is 1. The highest BCUT2D eigenvalue weighted by Crippen LogP contribution is 2.47. The topological polar surface area (TPSA) is 67.9 Å². The SMILES string of the molecule is COc1cc(OC)c(NC(=O)[C@@H]2CS[C@]3(C)CCC(=O)N23)cc1Cl. The van der Waals surface area contributed by atoms with E-state index in [1.54, 1.807) is 28.8 Å². The van der Waals surface area contributed by atoms with Gasteiger partial charge in [0.1, 0.15) is 17.5 Å². The predicted molar refractivity (Wildman–Crippen MR) is 93.9 cm³/mol. The molecular weight excluding hydrogens is 352 g/mol. The zero-order valence-electron chi connectivity index (χ0n) is 13.7. The molecule has 0 unspecified atom stereocenters. The maximum atomic E-state index is 12.7. The summed E-state index contributed by atoms with van der Waals surface area (Å²) < 4.78 is 10.4. The fraction of sp³-hybridized carbons (Fsp3) is 0.500. The number of ether oxygens (including phenoxy) is 2. The van der Waals surface area contributed by atoms with Crippen LogP contribution in [0.5, 0.6) is 11.5 Å². The van der Waals surface area contributed by atoms with Gasteiger partial charge in [-0.2, -0.15) is 0 Å². The molecule has 2 saturated heterocycles. The van der Waals surface area contributed by atoms with Crippen molar-refractivity contribution in [2.24, 2.45) is 0 Å². The van der Waals surface area contributed by atoms with Crippen molar-refractivity contribution in [3.05, 3.63) is 17.2 Å². The second-order valence-corrected chi connectivity index (χ2v) is 7.85. The molecule has 0 spiro atoms. The fourth-order valence-electron chi connectivity index (χ4n) is 3.19. The Morgan fingerprint density at radius 3 is 2.75 bits per heavy atom. The van der Waals surface area contributed by atoms with Crippen molar-refractivity contribution in [2.45, 2.75) is 30.7 Å². The molecule has 2 heterocycles. The summed E-state index contributed by atoms with van der Waals surface area (Å²) in [6, 6.07) is 2.72. The van der Waals surface area contributed by atoms with Gasteiger partial charge in [-0.1, -0.05) is 11.6 Å². The lowest BCUT2D eigenvalue weighted by Gasteiger charge is -2.30. The van der Waals surface area contributed by atoms with Crippen molar-refractivity contribution >= 4 is 40.9 Å². The molecule has 1 N–H and O–H groups in total. The highest BCUT2D eigenvalue weighted by atomic mass is 35.5. The van der Waals surface area contributed by atoms with Crippen molar-refractivity contribution in [2.75, 3.05) is 25.3 Å². The smallest absolute Gasteiger partial charge is 0.248 e. The first-order chi connectivity index (χ1) is 11.4. The quantitative estimate of drug-likeness (QED) is 0.882. The number of nitrogens with zero attached hydrogens (tertiary/aromatic N) is 1. The van der Waals surface area contributed by atoms with Crippen LogP contribution in [0.3, 0.4) is 0 Å². The van der Waals surface area contributed by atoms with Gasteiger partial charge in [0.15, 0.2) is 0 Å². The van der Waals surface area contributed by atoms with Crippen molar-refractivity contribution in [3.8, 4) is 11.5 Å². The molecule has 2 aliphatic heterocycles. The lowest BCUT2D eigenvalue weighted by molar-refractivity contribution is -0.135. The zero-order chi connectivity index (χ0) is 17.5. The Bertz CT molecular complexity index is 699. The Morgan fingerprint density at radius 1 is 1.38 bits per heavy atom. The first-order valence-electron chi connectivity index (χ1n) is 7.58. The minimum Gasteiger partial charge on any atom is -0.495 e. The van der Waals surface area contributed by atoms with E-state index in [1.165, 1.54) is 14.2 Å². The van der Waals surface area contributed by atoms with Crippen LogP contribution in [0.4, 0.5) is 5.69 Å². The predicted octanol–water partition coefficient (Wildman–Crippen LogP) is 2.75. The molecule has 2 atom stereocenters. The average Bonchev–Trinajstić information content (AvgIpc) is 3.04. The molecule has 0 saturated carbocycles. The van der Waals surface area contributed by atoms with Crippen LogP contribution in [0.25, 0.3) is 0 Å². The molecular formula is C16H19ClN2O4S. The van der Waals surface area contributed by atoms with E-state index >= 15 is 0 Å². The van der Waals surface area contributed by atoms with Gasteiger partial charge in [-0.25, -0.2) is 0 Å². The van der Waals surface area contributed by atoms with Crippen molar-refractivity contribution in [1.29, 1.82) is 0 Å². The summed E-state index contributed by atoms with van der Waals surface area (Å²) >= 11 is 7.79. The van der Waals surface area contributed by atoms with Gasteiger partial charge in [0.25, 0.3) is 0 Å². The van der Waals surface area contributed by atoms with Crippen LogP contribution in [-0.4, -0.2) is 47.6 Å². The summed E-state index contributed by atoms with van der Waals surface area (Å²) in [7, 11) is 3.01. The number of benzene rings is 1. The van der Waals surface area contributed by atoms with Crippen molar-refractivity contribution in [3.63, 3.8) is 0 Å². The second kappa shape index (κ2) is 6.37. The molecule has 8 heteroatoms. The Balaban J connectivity index is 1.83. The van der Waals surface area contributed by atoms with Gasteiger partial charge in [-0.3, -0.25) is 9.59 Å². The Labute approximate surface area is 149 Å². The van der Waals surface area contributed by atoms with Crippen LogP contribution in [0.15, 0.2) is 12.1 Å². The van der Waals surface area contributed by atoms with E-state index < -0.39 is 6.04 Å². The number of anilines is 1. The maximum absolute atomic E-state index is 12.7. The molecule has 0 aromatic heterocycles. The highest BCUT2D eigenvalue weighted by molar-refractivity contribution is 8.01. The molecule has 130 valence electrons. The van der Waals surface area contributed by atoms with Gasteiger partial charge in [0.05, 0.1) is 29.8 Å². The Morgan fingerprint density at radius 2 is 2.08 bits per heavy atom. The van der Waals surface area contributed by atoms with E-state index in [-0.39, 0.29) is 16.7 Å². The summed E-state index contributed by atoms with van der Waals surface area (Å²) in [5, 5.41) is 3.21. The molecule has 3 rings (SSSR count). The number of amides is 2.